The highest BCUT2D eigenvalue weighted by Crippen LogP contribution is 2.16. The zero-order valence-corrected chi connectivity index (χ0v) is 40.2. The summed E-state index contributed by atoms with van der Waals surface area (Å²) in [7, 11) is 5.54. The largest absolute Gasteiger partial charge is 0.477 e. The molecule has 0 aliphatic carbocycles. The third-order valence-corrected chi connectivity index (χ3v) is 11.6. The fourth-order valence-electron chi connectivity index (χ4n) is 7.65. The van der Waals surface area contributed by atoms with E-state index < -0.39 is 18.1 Å². The normalized spacial score (nSPS) is 13.0. The number of rotatable bonds is 46. The summed E-state index contributed by atoms with van der Waals surface area (Å²) < 4.78 is 17.4. The monoisotopic (exact) mass is 849 g/mol. The average Bonchev–Trinajstić information content (AvgIpc) is 3.21. The SMILES string of the molecule is CCCCC/C=C/C/C=C/CCCCCCCCCC(=O)OC(COCCC(C(=O)O)[N+](C)(C)C)COC(=O)CCCCCCCCCCCCCCCCCCCCC. The van der Waals surface area contributed by atoms with Crippen LogP contribution in [0.25, 0.3) is 0 Å². The fraction of sp³-hybridized carbons (Fsp3) is 0.865. The number of carboxylic acid groups (broad SMARTS) is 1. The number of likely N-dealkylation sites (N-methyl/N-ethyl adjacent to an activating group) is 1. The summed E-state index contributed by atoms with van der Waals surface area (Å²) >= 11 is 0. The summed E-state index contributed by atoms with van der Waals surface area (Å²) in [6.45, 7) is 4.74. The van der Waals surface area contributed by atoms with E-state index in [4.69, 9.17) is 14.2 Å². The van der Waals surface area contributed by atoms with Crippen LogP contribution in [0.15, 0.2) is 24.3 Å². The number of nitrogens with zero attached hydrogens (tertiary/aromatic N) is 1. The lowest BCUT2D eigenvalue weighted by Crippen LogP contribution is -2.50. The standard InChI is InChI=1S/C52H97NO7/c1-6-8-10-12-14-16-18-20-22-24-25-27-28-30-32-34-36-38-40-42-50(54)59-47-48(46-58-45-44-49(52(56)57)53(3,4)5)60-51(55)43-41-39-37-35-33-31-29-26-23-21-19-17-15-13-11-9-7-2/h15,17,21,23,48-49H,6-14,16,18-20,22,24-47H2,1-5H3/p+1/b17-15+,23-21+. The van der Waals surface area contributed by atoms with Gasteiger partial charge in [0.2, 0.25) is 0 Å². The molecule has 8 heteroatoms. The first kappa shape index (κ1) is 57.8. The van der Waals surface area contributed by atoms with Gasteiger partial charge in [-0.3, -0.25) is 9.59 Å². The van der Waals surface area contributed by atoms with Crippen LogP contribution in [-0.2, 0) is 28.6 Å². The minimum atomic E-state index is -0.873. The van der Waals surface area contributed by atoms with Crippen molar-refractivity contribution < 1.29 is 38.2 Å². The highest BCUT2D eigenvalue weighted by atomic mass is 16.6. The summed E-state index contributed by atoms with van der Waals surface area (Å²) in [6.07, 6.45) is 49.3. The number of quaternary nitrogens is 1. The molecule has 0 saturated heterocycles. The van der Waals surface area contributed by atoms with Gasteiger partial charge in [-0.15, -0.1) is 0 Å². The summed E-state index contributed by atoms with van der Waals surface area (Å²) in [5.41, 5.74) is 0. The van der Waals surface area contributed by atoms with Crippen molar-refractivity contribution in [2.24, 2.45) is 0 Å². The lowest BCUT2D eigenvalue weighted by atomic mass is 10.0. The van der Waals surface area contributed by atoms with Crippen molar-refractivity contribution in [1.82, 2.24) is 0 Å². The van der Waals surface area contributed by atoms with Crippen LogP contribution in [0, 0.1) is 0 Å². The van der Waals surface area contributed by atoms with Crippen LogP contribution in [0.4, 0.5) is 0 Å². The number of esters is 2. The zero-order valence-electron chi connectivity index (χ0n) is 40.2. The van der Waals surface area contributed by atoms with E-state index in [2.05, 4.69) is 38.2 Å². The van der Waals surface area contributed by atoms with Gasteiger partial charge in [0.1, 0.15) is 6.61 Å². The van der Waals surface area contributed by atoms with Crippen LogP contribution in [-0.4, -0.2) is 80.6 Å². The predicted octanol–water partition coefficient (Wildman–Crippen LogP) is 14.4. The van der Waals surface area contributed by atoms with Crippen LogP contribution in [0.1, 0.15) is 239 Å². The molecule has 8 nitrogen and oxygen atoms in total. The molecule has 0 heterocycles. The number of allylic oxidation sites excluding steroid dienone is 4. The molecule has 1 N–H and O–H groups in total. The van der Waals surface area contributed by atoms with Gasteiger partial charge in [-0.2, -0.15) is 0 Å². The van der Waals surface area contributed by atoms with Gasteiger partial charge in [0, 0.05) is 19.3 Å². The summed E-state index contributed by atoms with van der Waals surface area (Å²) in [5.74, 6) is -1.46. The molecule has 0 spiro atoms. The summed E-state index contributed by atoms with van der Waals surface area (Å²) in [6, 6.07) is -0.614. The first-order valence-corrected chi connectivity index (χ1v) is 25.4. The number of unbranched alkanes of at least 4 members (excludes halogenated alkanes) is 28. The number of ether oxygens (including phenoxy) is 3. The molecule has 0 amide bonds. The molecular weight excluding hydrogens is 751 g/mol. The second kappa shape index (κ2) is 43.5. The third kappa shape index (κ3) is 41.2. The Balaban J connectivity index is 4.23. The molecule has 0 aliphatic heterocycles. The summed E-state index contributed by atoms with van der Waals surface area (Å²) in [5, 5.41) is 9.65. The Morgan fingerprint density at radius 2 is 0.883 bits per heavy atom. The van der Waals surface area contributed by atoms with Crippen LogP contribution in [0.2, 0.25) is 0 Å². The molecule has 60 heavy (non-hydrogen) atoms. The first-order chi connectivity index (χ1) is 29.1. The van der Waals surface area contributed by atoms with Crippen molar-refractivity contribution in [3.8, 4) is 0 Å². The number of carboxylic acids is 1. The number of hydrogen-bond acceptors (Lipinski definition) is 6. The van der Waals surface area contributed by atoms with E-state index in [9.17, 15) is 19.5 Å². The molecule has 0 bridgehead atoms. The maximum Gasteiger partial charge on any atom is 0.362 e. The Kier molecular flexibility index (Phi) is 41.9. The van der Waals surface area contributed by atoms with E-state index in [1.807, 2.05) is 21.1 Å². The smallest absolute Gasteiger partial charge is 0.362 e. The molecule has 0 saturated carbocycles. The second-order valence-corrected chi connectivity index (χ2v) is 18.4. The van der Waals surface area contributed by atoms with E-state index in [1.165, 1.54) is 154 Å². The second-order valence-electron chi connectivity index (χ2n) is 18.4. The van der Waals surface area contributed by atoms with E-state index >= 15 is 0 Å². The average molecular weight is 849 g/mol. The van der Waals surface area contributed by atoms with Gasteiger partial charge in [-0.25, -0.2) is 4.79 Å². The molecule has 352 valence electrons. The molecule has 2 unspecified atom stereocenters. The van der Waals surface area contributed by atoms with Crippen molar-refractivity contribution in [2.75, 3.05) is 41.0 Å². The minimum Gasteiger partial charge on any atom is -0.477 e. The Morgan fingerprint density at radius 1 is 0.500 bits per heavy atom. The molecule has 0 aromatic carbocycles. The van der Waals surface area contributed by atoms with Crippen LogP contribution in [0.5, 0.6) is 0 Å². The number of aliphatic carboxylic acids is 1. The van der Waals surface area contributed by atoms with E-state index in [0.29, 0.717) is 19.3 Å². The molecule has 0 aromatic rings. The van der Waals surface area contributed by atoms with Crippen molar-refractivity contribution in [2.45, 2.75) is 251 Å². The Labute approximate surface area is 371 Å². The summed E-state index contributed by atoms with van der Waals surface area (Å²) in [4.78, 5) is 37.1. The van der Waals surface area contributed by atoms with Crippen molar-refractivity contribution in [3.63, 3.8) is 0 Å². The van der Waals surface area contributed by atoms with Crippen LogP contribution >= 0.6 is 0 Å². The van der Waals surface area contributed by atoms with Gasteiger partial charge in [-0.05, 0) is 44.9 Å². The minimum absolute atomic E-state index is 0.0493. The van der Waals surface area contributed by atoms with Gasteiger partial charge in [0.15, 0.2) is 12.1 Å². The highest BCUT2D eigenvalue weighted by Gasteiger charge is 2.31. The topological polar surface area (TPSA) is 99.1 Å². The molecular formula is C52H98NO7+. The molecule has 0 radical (unpaired) electrons. The zero-order chi connectivity index (χ0) is 44.2. The third-order valence-electron chi connectivity index (χ3n) is 11.6. The van der Waals surface area contributed by atoms with Crippen molar-refractivity contribution in [1.29, 1.82) is 0 Å². The van der Waals surface area contributed by atoms with Gasteiger partial charge < -0.3 is 23.8 Å². The van der Waals surface area contributed by atoms with Crippen LogP contribution in [0.3, 0.4) is 0 Å². The molecule has 2 atom stereocenters. The van der Waals surface area contributed by atoms with E-state index in [0.717, 1.165) is 51.4 Å². The van der Waals surface area contributed by atoms with Gasteiger partial charge in [-0.1, -0.05) is 199 Å². The molecule has 0 aliphatic rings. The van der Waals surface area contributed by atoms with Crippen molar-refractivity contribution in [3.05, 3.63) is 24.3 Å². The first-order valence-electron chi connectivity index (χ1n) is 25.4. The lowest BCUT2D eigenvalue weighted by molar-refractivity contribution is -0.887. The van der Waals surface area contributed by atoms with E-state index in [-0.39, 0.29) is 36.2 Å². The van der Waals surface area contributed by atoms with Gasteiger partial charge in [0.05, 0.1) is 34.4 Å². The molecule has 0 fully saturated rings. The number of carbonyl (C=O) groups is 3. The molecule has 0 rings (SSSR count). The Hall–Kier alpha value is -2.19. The predicted molar refractivity (Wildman–Crippen MR) is 252 cm³/mol. The number of carbonyl (C=O) groups excluding carboxylic acids is 2. The number of hydrogen-bond donors (Lipinski definition) is 1. The quantitative estimate of drug-likeness (QED) is 0.0282. The fourth-order valence-corrected chi connectivity index (χ4v) is 7.65. The Bertz CT molecular complexity index is 1040. The van der Waals surface area contributed by atoms with Crippen LogP contribution < -0.4 is 0 Å². The highest BCUT2D eigenvalue weighted by molar-refractivity contribution is 5.72. The van der Waals surface area contributed by atoms with Crippen molar-refractivity contribution >= 4 is 17.9 Å². The maximum absolute atomic E-state index is 12.8. The van der Waals surface area contributed by atoms with Gasteiger partial charge in [0.25, 0.3) is 0 Å². The lowest BCUT2D eigenvalue weighted by Gasteiger charge is -2.31. The molecule has 0 aromatic heterocycles. The Morgan fingerprint density at radius 3 is 1.32 bits per heavy atom. The van der Waals surface area contributed by atoms with E-state index in [1.54, 1.807) is 0 Å². The van der Waals surface area contributed by atoms with Gasteiger partial charge >= 0.3 is 17.9 Å². The maximum atomic E-state index is 12.8.